The summed E-state index contributed by atoms with van der Waals surface area (Å²) in [5, 5.41) is 0. The Morgan fingerprint density at radius 2 is 1.61 bits per heavy atom. The van der Waals surface area contributed by atoms with Crippen LogP contribution in [0, 0.1) is 23.7 Å². The number of carbonyl (C=O) groups is 3. The van der Waals surface area contributed by atoms with E-state index in [4.69, 9.17) is 0 Å². The van der Waals surface area contributed by atoms with Crippen molar-refractivity contribution >= 4 is 17.7 Å². The van der Waals surface area contributed by atoms with E-state index < -0.39 is 6.04 Å². The number of hydrogen-bond acceptors (Lipinski definition) is 3. The molecular weight excluding hydrogens is 292 g/mol. The molecule has 2 bridgehead atoms. The van der Waals surface area contributed by atoms with Gasteiger partial charge in [-0.15, -0.1) is 0 Å². The van der Waals surface area contributed by atoms with Crippen LogP contribution in [0.15, 0.2) is 12.2 Å². The molecule has 2 fully saturated rings. The second-order valence-electron chi connectivity index (χ2n) is 7.05. The fourth-order valence-corrected chi connectivity index (χ4v) is 4.55. The molecule has 1 heterocycles. The monoisotopic (exact) mass is 318 g/mol. The van der Waals surface area contributed by atoms with Gasteiger partial charge in [-0.25, -0.2) is 0 Å². The van der Waals surface area contributed by atoms with E-state index in [0.29, 0.717) is 13.1 Å². The molecule has 2 aliphatic carbocycles. The van der Waals surface area contributed by atoms with Crippen LogP contribution in [-0.4, -0.2) is 46.7 Å². The van der Waals surface area contributed by atoms with Crippen LogP contribution in [0.25, 0.3) is 0 Å². The Balaban J connectivity index is 1.78. The Kier molecular flexibility index (Phi) is 4.30. The third-order valence-electron chi connectivity index (χ3n) is 5.55. The zero-order valence-electron chi connectivity index (χ0n) is 14.2. The number of amides is 3. The van der Waals surface area contributed by atoms with Gasteiger partial charge in [0.2, 0.25) is 17.7 Å². The van der Waals surface area contributed by atoms with E-state index in [9.17, 15) is 14.4 Å². The first-order valence-electron chi connectivity index (χ1n) is 8.85. The van der Waals surface area contributed by atoms with Crippen molar-refractivity contribution in [3.05, 3.63) is 12.2 Å². The summed E-state index contributed by atoms with van der Waals surface area (Å²) >= 11 is 0. The van der Waals surface area contributed by atoms with Crippen LogP contribution in [0.1, 0.15) is 40.0 Å². The standard InChI is InChI=1S/C18H26N2O3/c1-4-8-19(9-5-2)16(21)11(3)20-17(22)14-12-6-7-13(10-12)15(14)18(20)23/h6-7,11-15H,4-5,8-10H2,1-3H3. The van der Waals surface area contributed by atoms with Gasteiger partial charge in [0.25, 0.3) is 0 Å². The molecule has 3 amide bonds. The van der Waals surface area contributed by atoms with Crippen molar-refractivity contribution in [3.8, 4) is 0 Å². The van der Waals surface area contributed by atoms with Gasteiger partial charge >= 0.3 is 0 Å². The Morgan fingerprint density at radius 1 is 1.13 bits per heavy atom. The predicted octanol–water partition coefficient (Wildman–Crippen LogP) is 1.83. The fourth-order valence-electron chi connectivity index (χ4n) is 4.55. The van der Waals surface area contributed by atoms with Crippen LogP contribution in [0.2, 0.25) is 0 Å². The average molecular weight is 318 g/mol. The van der Waals surface area contributed by atoms with Gasteiger partial charge in [0, 0.05) is 13.1 Å². The molecule has 5 heteroatoms. The molecule has 3 aliphatic rings. The number of fused-ring (bicyclic) bond motifs is 5. The number of likely N-dealkylation sites (tertiary alicyclic amines) is 1. The molecule has 0 radical (unpaired) electrons. The minimum absolute atomic E-state index is 0.101. The summed E-state index contributed by atoms with van der Waals surface area (Å²) in [6.07, 6.45) is 6.82. The van der Waals surface area contributed by atoms with Gasteiger partial charge in [0.05, 0.1) is 11.8 Å². The topological polar surface area (TPSA) is 57.7 Å². The maximum absolute atomic E-state index is 12.8. The van der Waals surface area contributed by atoms with E-state index in [1.54, 1.807) is 11.8 Å². The van der Waals surface area contributed by atoms with Crippen molar-refractivity contribution in [1.29, 1.82) is 0 Å². The number of nitrogens with zero attached hydrogens (tertiary/aromatic N) is 2. The van der Waals surface area contributed by atoms with Gasteiger partial charge in [-0.05, 0) is 38.0 Å². The lowest BCUT2D eigenvalue weighted by Crippen LogP contribution is -2.50. The molecule has 5 nitrogen and oxygen atoms in total. The minimum atomic E-state index is -0.682. The van der Waals surface area contributed by atoms with Crippen LogP contribution in [0.5, 0.6) is 0 Å². The summed E-state index contributed by atoms with van der Waals surface area (Å²) in [5.74, 6) is -0.434. The molecule has 0 N–H and O–H groups in total. The first kappa shape index (κ1) is 16.2. The van der Waals surface area contributed by atoms with Crippen molar-refractivity contribution in [2.45, 2.75) is 46.1 Å². The van der Waals surface area contributed by atoms with Gasteiger partial charge in [-0.2, -0.15) is 0 Å². The Hall–Kier alpha value is -1.65. The van der Waals surface area contributed by atoms with E-state index in [1.165, 1.54) is 4.90 Å². The SMILES string of the molecule is CCCN(CCC)C(=O)C(C)N1C(=O)C2C3C=CC(C3)C2C1=O. The Bertz CT molecular complexity index is 520. The van der Waals surface area contributed by atoms with Crippen molar-refractivity contribution in [3.63, 3.8) is 0 Å². The quantitative estimate of drug-likeness (QED) is 0.554. The number of allylic oxidation sites excluding steroid dienone is 2. The van der Waals surface area contributed by atoms with Crippen LogP contribution in [0.4, 0.5) is 0 Å². The van der Waals surface area contributed by atoms with Crippen molar-refractivity contribution in [2.24, 2.45) is 23.7 Å². The first-order chi connectivity index (χ1) is 11.0. The summed E-state index contributed by atoms with van der Waals surface area (Å²) in [7, 11) is 0. The Morgan fingerprint density at radius 3 is 2.04 bits per heavy atom. The van der Waals surface area contributed by atoms with E-state index in [-0.39, 0.29) is 41.4 Å². The van der Waals surface area contributed by atoms with Crippen molar-refractivity contribution < 1.29 is 14.4 Å². The zero-order chi connectivity index (χ0) is 16.7. The molecular formula is C18H26N2O3. The predicted molar refractivity (Wildman–Crippen MR) is 86.2 cm³/mol. The summed E-state index contributed by atoms with van der Waals surface area (Å²) in [6, 6.07) is -0.682. The van der Waals surface area contributed by atoms with E-state index in [0.717, 1.165) is 19.3 Å². The second kappa shape index (κ2) is 6.10. The van der Waals surface area contributed by atoms with Crippen molar-refractivity contribution in [1.82, 2.24) is 9.80 Å². The molecule has 5 unspecified atom stereocenters. The molecule has 0 aromatic carbocycles. The van der Waals surface area contributed by atoms with E-state index in [1.807, 2.05) is 13.8 Å². The molecule has 0 spiro atoms. The van der Waals surface area contributed by atoms with Gasteiger partial charge in [0.1, 0.15) is 6.04 Å². The highest BCUT2D eigenvalue weighted by atomic mass is 16.2. The molecule has 0 aromatic rings. The number of hydrogen-bond donors (Lipinski definition) is 0. The summed E-state index contributed by atoms with van der Waals surface area (Å²) in [6.45, 7) is 7.10. The second-order valence-corrected chi connectivity index (χ2v) is 7.05. The zero-order valence-corrected chi connectivity index (χ0v) is 14.2. The normalized spacial score (nSPS) is 32.6. The fraction of sp³-hybridized carbons (Fsp3) is 0.722. The molecule has 1 saturated heterocycles. The third kappa shape index (κ3) is 2.41. The maximum Gasteiger partial charge on any atom is 0.245 e. The molecule has 1 saturated carbocycles. The van der Waals surface area contributed by atoms with Crippen molar-refractivity contribution in [2.75, 3.05) is 13.1 Å². The molecule has 0 aromatic heterocycles. The molecule has 126 valence electrons. The maximum atomic E-state index is 12.8. The van der Waals surface area contributed by atoms with Gasteiger partial charge in [-0.1, -0.05) is 26.0 Å². The smallest absolute Gasteiger partial charge is 0.245 e. The van der Waals surface area contributed by atoms with Crippen LogP contribution >= 0.6 is 0 Å². The van der Waals surface area contributed by atoms with Gasteiger partial charge in [0.15, 0.2) is 0 Å². The molecule has 23 heavy (non-hydrogen) atoms. The van der Waals surface area contributed by atoms with Crippen LogP contribution in [-0.2, 0) is 14.4 Å². The first-order valence-corrected chi connectivity index (χ1v) is 8.85. The number of imide groups is 1. The van der Waals surface area contributed by atoms with E-state index in [2.05, 4.69) is 12.2 Å². The van der Waals surface area contributed by atoms with E-state index >= 15 is 0 Å². The van der Waals surface area contributed by atoms with Gasteiger partial charge < -0.3 is 4.90 Å². The van der Waals surface area contributed by atoms with Crippen LogP contribution in [0.3, 0.4) is 0 Å². The lowest BCUT2D eigenvalue weighted by atomic mass is 9.85. The third-order valence-corrected chi connectivity index (χ3v) is 5.55. The lowest BCUT2D eigenvalue weighted by Gasteiger charge is -2.30. The summed E-state index contributed by atoms with van der Waals surface area (Å²) < 4.78 is 0. The Labute approximate surface area is 137 Å². The minimum Gasteiger partial charge on any atom is -0.341 e. The molecule has 5 atom stereocenters. The summed E-state index contributed by atoms with van der Waals surface area (Å²) in [5.41, 5.74) is 0. The number of carbonyl (C=O) groups excluding carboxylic acids is 3. The average Bonchev–Trinajstić information content (AvgIpc) is 3.20. The van der Waals surface area contributed by atoms with Gasteiger partial charge in [-0.3, -0.25) is 19.3 Å². The highest BCUT2D eigenvalue weighted by molar-refractivity contribution is 6.09. The highest BCUT2D eigenvalue weighted by Crippen LogP contribution is 2.52. The molecule has 3 rings (SSSR count). The largest absolute Gasteiger partial charge is 0.341 e. The summed E-state index contributed by atoms with van der Waals surface area (Å²) in [4.78, 5) is 41.4. The highest BCUT2D eigenvalue weighted by Gasteiger charge is 2.60. The molecule has 1 aliphatic heterocycles. The number of rotatable bonds is 6. The van der Waals surface area contributed by atoms with Crippen LogP contribution < -0.4 is 0 Å². The lowest BCUT2D eigenvalue weighted by molar-refractivity contribution is -0.151.